The minimum Gasteiger partial charge on any atom is -0.498 e. The second-order valence-corrected chi connectivity index (χ2v) is 4.82. The van der Waals surface area contributed by atoms with Gasteiger partial charge >= 0.3 is 6.07 Å². The Balaban J connectivity index is 2.56. The van der Waals surface area contributed by atoms with E-state index in [1.807, 2.05) is 37.3 Å². The Hall–Kier alpha value is -2.19. The molecule has 0 N–H and O–H groups in total. The number of hydrogen-bond donors (Lipinski definition) is 0. The van der Waals surface area contributed by atoms with Crippen LogP contribution in [0, 0.1) is 18.2 Å². The van der Waals surface area contributed by atoms with Gasteiger partial charge in [0.2, 0.25) is 0 Å². The second kappa shape index (κ2) is 6.12. The van der Waals surface area contributed by atoms with Crippen LogP contribution in [-0.2, 0) is 0 Å². The molecule has 0 unspecified atom stereocenters. The molecule has 5 heteroatoms. The third-order valence-corrected chi connectivity index (χ3v) is 3.57. The lowest BCUT2D eigenvalue weighted by atomic mass is 10.3. The van der Waals surface area contributed by atoms with Gasteiger partial charge in [0.1, 0.15) is 5.03 Å². The number of aromatic nitrogens is 2. The first kappa shape index (κ1) is 13.2. The van der Waals surface area contributed by atoms with E-state index in [2.05, 4.69) is 22.8 Å². The maximum Gasteiger partial charge on any atom is 0.341 e. The predicted octanol–water partition coefficient (Wildman–Crippen LogP) is 3.64. The van der Waals surface area contributed by atoms with Crippen molar-refractivity contribution in [2.45, 2.75) is 11.9 Å². The fourth-order valence-electron chi connectivity index (χ4n) is 1.70. The summed E-state index contributed by atoms with van der Waals surface area (Å²) in [6, 6.07) is 12.2. The number of nitrogens with zero attached hydrogens (tertiary/aromatic N) is 3. The maximum absolute atomic E-state index is 10.5. The lowest BCUT2D eigenvalue weighted by Gasteiger charge is -2.05. The van der Waals surface area contributed by atoms with Gasteiger partial charge in [0, 0.05) is 10.8 Å². The number of benzene rings is 1. The molecule has 2 aromatic rings. The van der Waals surface area contributed by atoms with Gasteiger partial charge in [-0.05, 0) is 19.1 Å². The third kappa shape index (κ3) is 2.80. The molecular weight excluding hydrogens is 258 g/mol. The highest BCUT2D eigenvalue weighted by Crippen LogP contribution is 2.27. The SMILES string of the molecule is C=CCSc1c(C#[N+][O-])c(C)nn1-c1ccccc1. The van der Waals surface area contributed by atoms with Crippen molar-refractivity contribution in [2.75, 3.05) is 5.75 Å². The molecule has 0 saturated heterocycles. The van der Waals surface area contributed by atoms with E-state index in [9.17, 15) is 5.21 Å². The molecule has 0 aliphatic heterocycles. The summed E-state index contributed by atoms with van der Waals surface area (Å²) < 4.78 is 1.80. The summed E-state index contributed by atoms with van der Waals surface area (Å²) in [7, 11) is 0. The van der Waals surface area contributed by atoms with Crippen LogP contribution in [0.25, 0.3) is 10.7 Å². The van der Waals surface area contributed by atoms with E-state index >= 15 is 0 Å². The van der Waals surface area contributed by atoms with Crippen LogP contribution in [0.1, 0.15) is 11.3 Å². The molecule has 0 saturated carbocycles. The molecule has 0 fully saturated rings. The van der Waals surface area contributed by atoms with E-state index < -0.39 is 0 Å². The quantitative estimate of drug-likeness (QED) is 0.484. The van der Waals surface area contributed by atoms with Gasteiger partial charge in [0.05, 0.1) is 11.4 Å². The van der Waals surface area contributed by atoms with Crippen LogP contribution in [0.4, 0.5) is 0 Å². The Bertz CT molecular complexity index is 638. The van der Waals surface area contributed by atoms with Gasteiger partial charge in [-0.2, -0.15) is 5.10 Å². The van der Waals surface area contributed by atoms with Crippen molar-refractivity contribution in [3.63, 3.8) is 0 Å². The van der Waals surface area contributed by atoms with E-state index in [0.29, 0.717) is 5.56 Å². The smallest absolute Gasteiger partial charge is 0.341 e. The molecule has 0 radical (unpaired) electrons. The topological polar surface area (TPSA) is 45.2 Å². The van der Waals surface area contributed by atoms with Crippen LogP contribution < -0.4 is 0 Å². The van der Waals surface area contributed by atoms with E-state index in [1.165, 1.54) is 0 Å². The second-order valence-electron chi connectivity index (χ2n) is 3.82. The van der Waals surface area contributed by atoms with E-state index in [1.54, 1.807) is 22.5 Å². The van der Waals surface area contributed by atoms with Gasteiger partial charge in [-0.1, -0.05) is 24.3 Å². The van der Waals surface area contributed by atoms with Crippen molar-refractivity contribution >= 4 is 11.8 Å². The van der Waals surface area contributed by atoms with Crippen LogP contribution in [0.3, 0.4) is 0 Å². The minimum absolute atomic E-state index is 0.644. The van der Waals surface area contributed by atoms with Crippen LogP contribution in [-0.4, -0.2) is 15.5 Å². The number of hydrogen-bond acceptors (Lipinski definition) is 3. The van der Waals surface area contributed by atoms with E-state index in [0.717, 1.165) is 22.2 Å². The molecule has 0 atom stereocenters. The minimum atomic E-state index is 0.644. The summed E-state index contributed by atoms with van der Waals surface area (Å²) in [5.74, 6) is 0.728. The third-order valence-electron chi connectivity index (χ3n) is 2.51. The first-order valence-electron chi connectivity index (χ1n) is 5.75. The normalized spacial score (nSPS) is 9.74. The molecule has 19 heavy (non-hydrogen) atoms. The summed E-state index contributed by atoms with van der Waals surface area (Å²) in [4.78, 5) is 0. The van der Waals surface area contributed by atoms with Crippen molar-refractivity contribution in [3.05, 3.63) is 64.5 Å². The lowest BCUT2D eigenvalue weighted by molar-refractivity contribution is 0.793. The molecule has 1 heterocycles. The monoisotopic (exact) mass is 271 g/mol. The van der Waals surface area contributed by atoms with E-state index in [-0.39, 0.29) is 0 Å². The van der Waals surface area contributed by atoms with Gasteiger partial charge in [0.25, 0.3) is 0 Å². The Kier molecular flexibility index (Phi) is 4.26. The van der Waals surface area contributed by atoms with Crippen molar-refractivity contribution < 1.29 is 0 Å². The molecule has 0 amide bonds. The Labute approximate surface area is 116 Å². The van der Waals surface area contributed by atoms with Crippen molar-refractivity contribution in [2.24, 2.45) is 0 Å². The molecule has 1 aromatic carbocycles. The van der Waals surface area contributed by atoms with Crippen LogP contribution in [0.15, 0.2) is 48.0 Å². The Morgan fingerprint density at radius 1 is 1.47 bits per heavy atom. The average Bonchev–Trinajstić information content (AvgIpc) is 2.75. The molecule has 0 spiro atoms. The summed E-state index contributed by atoms with van der Waals surface area (Å²) in [5, 5.41) is 18.5. The molecule has 96 valence electrons. The zero-order valence-electron chi connectivity index (χ0n) is 10.5. The van der Waals surface area contributed by atoms with Gasteiger partial charge in [0.15, 0.2) is 5.56 Å². The molecule has 0 aliphatic carbocycles. The Morgan fingerprint density at radius 2 is 2.21 bits per heavy atom. The highest BCUT2D eigenvalue weighted by Gasteiger charge is 2.18. The van der Waals surface area contributed by atoms with Gasteiger partial charge in [-0.25, -0.2) is 4.68 Å². The van der Waals surface area contributed by atoms with Crippen molar-refractivity contribution in [1.29, 1.82) is 0 Å². The molecule has 0 aliphatic rings. The number of aryl methyl sites for hydroxylation is 1. The lowest BCUT2D eigenvalue weighted by Crippen LogP contribution is -1.98. The number of thioether (sulfide) groups is 1. The van der Waals surface area contributed by atoms with Crippen molar-refractivity contribution in [3.8, 4) is 11.8 Å². The van der Waals surface area contributed by atoms with Crippen LogP contribution in [0.5, 0.6) is 0 Å². The fourth-order valence-corrected chi connectivity index (χ4v) is 2.58. The number of rotatable bonds is 4. The zero-order chi connectivity index (χ0) is 13.7. The molecule has 2 rings (SSSR count). The van der Waals surface area contributed by atoms with Gasteiger partial charge in [-0.15, -0.1) is 18.3 Å². The van der Waals surface area contributed by atoms with Crippen LogP contribution in [0.2, 0.25) is 0 Å². The molecule has 4 nitrogen and oxygen atoms in total. The summed E-state index contributed by atoms with van der Waals surface area (Å²) in [5.41, 5.74) is 2.32. The Morgan fingerprint density at radius 3 is 2.84 bits per heavy atom. The molecular formula is C14H13N3OS. The van der Waals surface area contributed by atoms with Crippen molar-refractivity contribution in [1.82, 2.24) is 9.78 Å². The fraction of sp³-hybridized carbons (Fsp3) is 0.143. The molecule has 0 bridgehead atoms. The number of para-hydroxylation sites is 1. The average molecular weight is 271 g/mol. The van der Waals surface area contributed by atoms with Gasteiger partial charge in [-0.3, -0.25) is 0 Å². The highest BCUT2D eigenvalue weighted by atomic mass is 32.2. The predicted molar refractivity (Wildman–Crippen MR) is 78.9 cm³/mol. The van der Waals surface area contributed by atoms with Gasteiger partial charge < -0.3 is 5.21 Å². The largest absolute Gasteiger partial charge is 0.498 e. The summed E-state index contributed by atoms with van der Waals surface area (Å²) >= 11 is 1.55. The maximum atomic E-state index is 10.5. The van der Waals surface area contributed by atoms with E-state index in [4.69, 9.17) is 0 Å². The highest BCUT2D eigenvalue weighted by molar-refractivity contribution is 7.99. The summed E-state index contributed by atoms with van der Waals surface area (Å²) in [6.45, 7) is 5.54. The zero-order valence-corrected chi connectivity index (χ0v) is 11.4. The first-order valence-corrected chi connectivity index (χ1v) is 6.73. The first-order chi connectivity index (χ1) is 9.27. The summed E-state index contributed by atoms with van der Waals surface area (Å²) in [6.07, 6.45) is 1.81. The molecule has 1 aromatic heterocycles. The van der Waals surface area contributed by atoms with Crippen LogP contribution >= 0.6 is 11.8 Å². The standard InChI is InChI=1S/C14H13N3OS/c1-3-9-19-14-13(10-15-18)11(2)16-17(14)12-7-5-4-6-8-12/h3-8H,1,9H2,2H3.